The molecule has 0 aliphatic carbocycles. The van der Waals surface area contributed by atoms with E-state index in [0.717, 1.165) is 12.8 Å². The minimum Gasteiger partial charge on any atom is -0.481 e. The average Bonchev–Trinajstić information content (AvgIpc) is 2.27. The highest BCUT2D eigenvalue weighted by Gasteiger charge is 2.11. The van der Waals surface area contributed by atoms with Crippen LogP contribution in [0.1, 0.15) is 39.5 Å². The largest absolute Gasteiger partial charge is 0.481 e. The van der Waals surface area contributed by atoms with Gasteiger partial charge in [-0.05, 0) is 19.8 Å². The first-order chi connectivity index (χ1) is 8.82. The number of nitrogens with one attached hydrogen (secondary N) is 2. The Morgan fingerprint density at radius 3 is 2.37 bits per heavy atom. The molecule has 3 amide bonds. The molecular formula is C12H23N3O4. The highest BCUT2D eigenvalue weighted by atomic mass is 16.4. The number of carboxylic acid groups (broad SMARTS) is 1. The van der Waals surface area contributed by atoms with Gasteiger partial charge in [-0.3, -0.25) is 14.9 Å². The Balaban J connectivity index is 3.59. The molecule has 0 spiro atoms. The van der Waals surface area contributed by atoms with Gasteiger partial charge in [0.25, 0.3) is 0 Å². The van der Waals surface area contributed by atoms with Gasteiger partial charge in [0.05, 0.1) is 5.92 Å². The fourth-order valence-corrected chi connectivity index (χ4v) is 1.59. The second-order valence-electron chi connectivity index (χ2n) is 4.69. The number of carboxylic acids is 1. The van der Waals surface area contributed by atoms with E-state index < -0.39 is 17.9 Å². The summed E-state index contributed by atoms with van der Waals surface area (Å²) in [6, 6.07) is -0.650. The molecule has 2 atom stereocenters. The summed E-state index contributed by atoms with van der Waals surface area (Å²) >= 11 is 0. The Hall–Kier alpha value is -1.63. The SMILES string of the molecule is CC(CCCC(C)C(=O)O)NCCC(=O)NC(N)=O. The normalized spacial score (nSPS) is 13.6. The number of imide groups is 1. The predicted molar refractivity (Wildman–Crippen MR) is 70.5 cm³/mol. The minimum absolute atomic E-state index is 0.179. The first-order valence-electron chi connectivity index (χ1n) is 6.38. The molecule has 0 aromatic rings. The van der Waals surface area contributed by atoms with Crippen LogP contribution >= 0.6 is 0 Å². The number of aliphatic carboxylic acids is 1. The number of carbonyl (C=O) groups excluding carboxylic acids is 2. The molecule has 0 rings (SSSR count). The van der Waals surface area contributed by atoms with E-state index in [1.54, 1.807) is 6.92 Å². The summed E-state index contributed by atoms with van der Waals surface area (Å²) < 4.78 is 0. The third-order valence-electron chi connectivity index (χ3n) is 2.80. The zero-order valence-electron chi connectivity index (χ0n) is 11.4. The van der Waals surface area contributed by atoms with Crippen molar-refractivity contribution >= 4 is 17.9 Å². The minimum atomic E-state index is -0.847. The number of hydrogen-bond acceptors (Lipinski definition) is 4. The van der Waals surface area contributed by atoms with Gasteiger partial charge in [-0.2, -0.15) is 0 Å². The summed E-state index contributed by atoms with van der Waals surface area (Å²) in [5.74, 6) is -1.51. The molecule has 110 valence electrons. The van der Waals surface area contributed by atoms with Gasteiger partial charge in [0.2, 0.25) is 5.91 Å². The fourth-order valence-electron chi connectivity index (χ4n) is 1.59. The van der Waals surface area contributed by atoms with Crippen molar-refractivity contribution in [2.24, 2.45) is 11.7 Å². The average molecular weight is 273 g/mol. The number of primary amides is 1. The molecule has 7 heteroatoms. The highest BCUT2D eigenvalue weighted by molar-refractivity contribution is 5.93. The van der Waals surface area contributed by atoms with Crippen molar-refractivity contribution in [3.05, 3.63) is 0 Å². The van der Waals surface area contributed by atoms with Crippen LogP contribution in [0.25, 0.3) is 0 Å². The lowest BCUT2D eigenvalue weighted by molar-refractivity contribution is -0.141. The standard InChI is InChI=1S/C12H23N3O4/c1-8(11(17)18)4-3-5-9(2)14-7-6-10(16)15-12(13)19/h8-9,14H,3-7H2,1-2H3,(H,17,18)(H3,13,15,16,19). The molecule has 0 heterocycles. The Bertz CT molecular complexity index is 320. The van der Waals surface area contributed by atoms with E-state index in [0.29, 0.717) is 13.0 Å². The van der Waals surface area contributed by atoms with Gasteiger partial charge in [0.1, 0.15) is 0 Å². The van der Waals surface area contributed by atoms with Gasteiger partial charge in [0, 0.05) is 19.0 Å². The quantitative estimate of drug-likeness (QED) is 0.485. The van der Waals surface area contributed by atoms with Gasteiger partial charge in [-0.1, -0.05) is 13.3 Å². The summed E-state index contributed by atoms with van der Waals surface area (Å²) in [5.41, 5.74) is 4.80. The summed E-state index contributed by atoms with van der Waals surface area (Å²) in [5, 5.41) is 13.8. The van der Waals surface area contributed by atoms with Gasteiger partial charge in [-0.25, -0.2) is 4.79 Å². The molecular weight excluding hydrogens is 250 g/mol. The van der Waals surface area contributed by atoms with E-state index >= 15 is 0 Å². The Kier molecular flexibility index (Phi) is 8.52. The summed E-state index contributed by atoms with van der Waals surface area (Å²) in [6.45, 7) is 4.11. The molecule has 0 fully saturated rings. The van der Waals surface area contributed by atoms with E-state index in [1.807, 2.05) is 12.2 Å². The van der Waals surface area contributed by atoms with E-state index in [4.69, 9.17) is 10.8 Å². The molecule has 7 nitrogen and oxygen atoms in total. The number of hydrogen-bond donors (Lipinski definition) is 4. The molecule has 2 unspecified atom stereocenters. The van der Waals surface area contributed by atoms with Gasteiger partial charge in [0.15, 0.2) is 0 Å². The topological polar surface area (TPSA) is 122 Å². The van der Waals surface area contributed by atoms with Crippen molar-refractivity contribution in [2.75, 3.05) is 6.54 Å². The lowest BCUT2D eigenvalue weighted by atomic mass is 10.0. The van der Waals surface area contributed by atoms with Crippen LogP contribution in [0.15, 0.2) is 0 Å². The van der Waals surface area contributed by atoms with Gasteiger partial charge in [-0.15, -0.1) is 0 Å². The summed E-state index contributed by atoms with van der Waals surface area (Å²) in [4.78, 5) is 32.1. The van der Waals surface area contributed by atoms with Crippen molar-refractivity contribution in [1.82, 2.24) is 10.6 Å². The Morgan fingerprint density at radius 2 is 1.84 bits per heavy atom. The third kappa shape index (κ3) is 10.0. The summed E-state index contributed by atoms with van der Waals surface area (Å²) in [6.07, 6.45) is 2.48. The molecule has 0 saturated carbocycles. The summed E-state index contributed by atoms with van der Waals surface area (Å²) in [7, 11) is 0. The van der Waals surface area contributed by atoms with Crippen molar-refractivity contribution in [2.45, 2.75) is 45.6 Å². The van der Waals surface area contributed by atoms with Crippen molar-refractivity contribution < 1.29 is 19.5 Å². The van der Waals surface area contributed by atoms with Crippen molar-refractivity contribution in [1.29, 1.82) is 0 Å². The lowest BCUT2D eigenvalue weighted by Gasteiger charge is -2.14. The smallest absolute Gasteiger partial charge is 0.318 e. The number of nitrogens with two attached hydrogens (primary N) is 1. The highest BCUT2D eigenvalue weighted by Crippen LogP contribution is 2.09. The molecule has 0 radical (unpaired) electrons. The van der Waals surface area contributed by atoms with Crippen LogP contribution in [0, 0.1) is 5.92 Å². The fraction of sp³-hybridized carbons (Fsp3) is 0.750. The first kappa shape index (κ1) is 17.4. The molecule has 0 aromatic carbocycles. The number of carbonyl (C=O) groups is 3. The van der Waals surface area contributed by atoms with Crippen LogP contribution in [0.3, 0.4) is 0 Å². The van der Waals surface area contributed by atoms with E-state index in [-0.39, 0.29) is 18.4 Å². The predicted octanol–water partition coefficient (Wildman–Crippen LogP) is 0.441. The lowest BCUT2D eigenvalue weighted by Crippen LogP contribution is -2.37. The first-order valence-corrected chi connectivity index (χ1v) is 6.38. The van der Waals surface area contributed by atoms with Crippen LogP contribution in [-0.2, 0) is 9.59 Å². The molecule has 0 aliphatic rings. The number of urea groups is 1. The maximum atomic E-state index is 11.1. The molecule has 0 bridgehead atoms. The zero-order valence-corrected chi connectivity index (χ0v) is 11.4. The van der Waals surface area contributed by atoms with Crippen LogP contribution in [0.5, 0.6) is 0 Å². The van der Waals surface area contributed by atoms with Crippen LogP contribution in [0.2, 0.25) is 0 Å². The van der Waals surface area contributed by atoms with Crippen LogP contribution in [0.4, 0.5) is 4.79 Å². The molecule has 19 heavy (non-hydrogen) atoms. The van der Waals surface area contributed by atoms with Crippen molar-refractivity contribution in [3.63, 3.8) is 0 Å². The third-order valence-corrected chi connectivity index (χ3v) is 2.80. The van der Waals surface area contributed by atoms with Crippen LogP contribution in [-0.4, -0.2) is 35.6 Å². The Labute approximate surface area is 112 Å². The Morgan fingerprint density at radius 1 is 1.21 bits per heavy atom. The molecule has 0 aliphatic heterocycles. The van der Waals surface area contributed by atoms with Crippen LogP contribution < -0.4 is 16.4 Å². The number of amides is 3. The van der Waals surface area contributed by atoms with E-state index in [2.05, 4.69) is 5.32 Å². The zero-order chi connectivity index (χ0) is 14.8. The maximum absolute atomic E-state index is 11.1. The van der Waals surface area contributed by atoms with Gasteiger partial charge < -0.3 is 16.2 Å². The van der Waals surface area contributed by atoms with Gasteiger partial charge >= 0.3 is 12.0 Å². The van der Waals surface area contributed by atoms with E-state index in [9.17, 15) is 14.4 Å². The maximum Gasteiger partial charge on any atom is 0.318 e. The monoisotopic (exact) mass is 273 g/mol. The number of rotatable bonds is 9. The molecule has 0 aromatic heterocycles. The molecule has 5 N–H and O–H groups in total. The molecule has 0 saturated heterocycles. The second-order valence-corrected chi connectivity index (χ2v) is 4.69. The van der Waals surface area contributed by atoms with E-state index in [1.165, 1.54) is 0 Å². The second kappa shape index (κ2) is 9.32. The van der Waals surface area contributed by atoms with Crippen molar-refractivity contribution in [3.8, 4) is 0 Å².